The number of hydrogen-bond donors (Lipinski definition) is 1. The summed E-state index contributed by atoms with van der Waals surface area (Å²) in [4.78, 5) is 10.9. The molecule has 0 aromatic heterocycles. The first-order valence-corrected chi connectivity index (χ1v) is 4.36. The van der Waals surface area contributed by atoms with E-state index in [-0.39, 0.29) is 11.5 Å². The molecule has 0 saturated heterocycles. The molecule has 72 valence electrons. The molecule has 0 fully saturated rings. The molecule has 0 spiro atoms. The van der Waals surface area contributed by atoms with Gasteiger partial charge in [-0.2, -0.15) is 0 Å². The fraction of sp³-hybridized carbons (Fsp3) is 0.889. The second kappa shape index (κ2) is 5.01. The molecule has 0 heterocycles. The van der Waals surface area contributed by atoms with Crippen LogP contribution in [0.2, 0.25) is 0 Å². The van der Waals surface area contributed by atoms with Crippen molar-refractivity contribution < 1.29 is 9.53 Å². The van der Waals surface area contributed by atoms with Gasteiger partial charge in [0.05, 0.1) is 6.61 Å². The van der Waals surface area contributed by atoms with E-state index in [9.17, 15) is 4.79 Å². The molecule has 3 nitrogen and oxygen atoms in total. The van der Waals surface area contributed by atoms with E-state index in [0.29, 0.717) is 13.2 Å². The van der Waals surface area contributed by atoms with Gasteiger partial charge in [0.1, 0.15) is 0 Å². The van der Waals surface area contributed by atoms with Crippen molar-refractivity contribution in [1.29, 1.82) is 0 Å². The van der Waals surface area contributed by atoms with Crippen molar-refractivity contribution in [1.82, 2.24) is 5.32 Å². The van der Waals surface area contributed by atoms with Crippen LogP contribution in [0.1, 0.15) is 34.1 Å². The van der Waals surface area contributed by atoms with Gasteiger partial charge in [-0.25, -0.2) is 4.79 Å². The highest BCUT2D eigenvalue weighted by Crippen LogP contribution is 2.10. The molecule has 0 aromatic carbocycles. The van der Waals surface area contributed by atoms with E-state index in [1.807, 2.05) is 6.92 Å². The third-order valence-corrected chi connectivity index (χ3v) is 1.20. The summed E-state index contributed by atoms with van der Waals surface area (Å²) in [5, 5.41) is 2.70. The van der Waals surface area contributed by atoms with Crippen LogP contribution in [0.15, 0.2) is 0 Å². The van der Waals surface area contributed by atoms with Gasteiger partial charge in [-0.3, -0.25) is 0 Å². The van der Waals surface area contributed by atoms with Crippen molar-refractivity contribution in [3.05, 3.63) is 0 Å². The SMILES string of the molecule is CCCOC(=O)NCC(C)(C)C. The molecule has 1 N–H and O–H groups in total. The monoisotopic (exact) mass is 173 g/mol. The summed E-state index contributed by atoms with van der Waals surface area (Å²) < 4.78 is 4.84. The molecule has 0 aliphatic heterocycles. The minimum Gasteiger partial charge on any atom is -0.450 e. The van der Waals surface area contributed by atoms with Crippen molar-refractivity contribution in [3.63, 3.8) is 0 Å². The van der Waals surface area contributed by atoms with E-state index in [0.717, 1.165) is 6.42 Å². The molecule has 3 heteroatoms. The van der Waals surface area contributed by atoms with E-state index in [2.05, 4.69) is 26.1 Å². The minimum atomic E-state index is -0.313. The van der Waals surface area contributed by atoms with Crippen LogP contribution >= 0.6 is 0 Å². The lowest BCUT2D eigenvalue weighted by molar-refractivity contribution is 0.142. The predicted octanol–water partition coefficient (Wildman–Crippen LogP) is 2.17. The molecule has 1 amide bonds. The standard InChI is InChI=1S/C9H19NO2/c1-5-6-12-8(11)10-7-9(2,3)4/h5-7H2,1-4H3,(H,10,11). The molecule has 0 aliphatic rings. The molecule has 0 bridgehead atoms. The Balaban J connectivity index is 3.44. The first kappa shape index (κ1) is 11.3. The molecule has 0 atom stereocenters. The highest BCUT2D eigenvalue weighted by Gasteiger charge is 2.11. The van der Waals surface area contributed by atoms with Crippen LogP contribution in [0, 0.1) is 5.41 Å². The molecular formula is C9H19NO2. The second-order valence-corrected chi connectivity index (χ2v) is 4.05. The summed E-state index contributed by atoms with van der Waals surface area (Å²) in [7, 11) is 0. The summed E-state index contributed by atoms with van der Waals surface area (Å²) >= 11 is 0. The first-order valence-electron chi connectivity index (χ1n) is 4.36. The number of hydrogen-bond acceptors (Lipinski definition) is 2. The van der Waals surface area contributed by atoms with Gasteiger partial charge in [-0.05, 0) is 11.8 Å². The van der Waals surface area contributed by atoms with E-state index in [4.69, 9.17) is 4.74 Å². The van der Waals surface area contributed by atoms with Crippen LogP contribution in [0.5, 0.6) is 0 Å². The largest absolute Gasteiger partial charge is 0.450 e. The normalized spacial score (nSPS) is 11.0. The number of nitrogens with one attached hydrogen (secondary N) is 1. The number of carbonyl (C=O) groups is 1. The Morgan fingerprint density at radius 3 is 2.42 bits per heavy atom. The van der Waals surface area contributed by atoms with Crippen molar-refractivity contribution in [3.8, 4) is 0 Å². The zero-order valence-electron chi connectivity index (χ0n) is 8.44. The maximum Gasteiger partial charge on any atom is 0.407 e. The van der Waals surface area contributed by atoms with E-state index in [1.165, 1.54) is 0 Å². The van der Waals surface area contributed by atoms with E-state index in [1.54, 1.807) is 0 Å². The fourth-order valence-electron chi connectivity index (χ4n) is 0.583. The van der Waals surface area contributed by atoms with Gasteiger partial charge in [-0.15, -0.1) is 0 Å². The Hall–Kier alpha value is -0.730. The molecular weight excluding hydrogens is 154 g/mol. The molecule has 0 unspecified atom stereocenters. The van der Waals surface area contributed by atoms with Crippen LogP contribution in [0.4, 0.5) is 4.79 Å². The summed E-state index contributed by atoms with van der Waals surface area (Å²) in [5.74, 6) is 0. The number of carbonyl (C=O) groups excluding carboxylic acids is 1. The predicted molar refractivity (Wildman–Crippen MR) is 49.1 cm³/mol. The maximum atomic E-state index is 10.9. The third kappa shape index (κ3) is 7.38. The van der Waals surface area contributed by atoms with Crippen LogP contribution in [0.25, 0.3) is 0 Å². The van der Waals surface area contributed by atoms with Crippen LogP contribution < -0.4 is 5.32 Å². The Kier molecular flexibility index (Phi) is 4.71. The Morgan fingerprint density at radius 1 is 1.42 bits per heavy atom. The highest BCUT2D eigenvalue weighted by molar-refractivity contribution is 5.67. The number of amides is 1. The Bertz CT molecular complexity index is 138. The van der Waals surface area contributed by atoms with Gasteiger partial charge in [0, 0.05) is 6.54 Å². The van der Waals surface area contributed by atoms with Gasteiger partial charge in [0.25, 0.3) is 0 Å². The smallest absolute Gasteiger partial charge is 0.407 e. The van der Waals surface area contributed by atoms with Crippen molar-refractivity contribution in [2.24, 2.45) is 5.41 Å². The molecule has 0 aromatic rings. The van der Waals surface area contributed by atoms with Gasteiger partial charge < -0.3 is 10.1 Å². The van der Waals surface area contributed by atoms with Crippen LogP contribution in [0.3, 0.4) is 0 Å². The molecule has 0 saturated carbocycles. The number of ether oxygens (including phenoxy) is 1. The zero-order chi connectivity index (χ0) is 9.61. The third-order valence-electron chi connectivity index (χ3n) is 1.20. The van der Waals surface area contributed by atoms with Crippen molar-refractivity contribution in [2.75, 3.05) is 13.2 Å². The van der Waals surface area contributed by atoms with Gasteiger partial charge in [-0.1, -0.05) is 27.7 Å². The fourth-order valence-corrected chi connectivity index (χ4v) is 0.583. The molecule has 0 radical (unpaired) electrons. The van der Waals surface area contributed by atoms with Crippen LogP contribution in [-0.4, -0.2) is 19.2 Å². The first-order chi connectivity index (χ1) is 5.45. The van der Waals surface area contributed by atoms with Gasteiger partial charge in [0.2, 0.25) is 0 Å². The lowest BCUT2D eigenvalue weighted by Crippen LogP contribution is -2.32. The van der Waals surface area contributed by atoms with Crippen LogP contribution in [-0.2, 0) is 4.74 Å². The average Bonchev–Trinajstić information content (AvgIpc) is 1.95. The summed E-state index contributed by atoms with van der Waals surface area (Å²) in [6, 6.07) is 0. The summed E-state index contributed by atoms with van der Waals surface area (Å²) in [6.45, 7) is 9.30. The molecule has 0 aliphatic carbocycles. The maximum absolute atomic E-state index is 10.9. The molecule has 12 heavy (non-hydrogen) atoms. The highest BCUT2D eigenvalue weighted by atomic mass is 16.5. The lowest BCUT2D eigenvalue weighted by Gasteiger charge is -2.18. The number of rotatable bonds is 3. The van der Waals surface area contributed by atoms with Crippen molar-refractivity contribution in [2.45, 2.75) is 34.1 Å². The van der Waals surface area contributed by atoms with E-state index < -0.39 is 0 Å². The molecule has 0 rings (SSSR count). The van der Waals surface area contributed by atoms with Gasteiger partial charge in [0.15, 0.2) is 0 Å². The number of alkyl carbamates (subject to hydrolysis) is 1. The average molecular weight is 173 g/mol. The topological polar surface area (TPSA) is 38.3 Å². The zero-order valence-corrected chi connectivity index (χ0v) is 8.44. The minimum absolute atomic E-state index is 0.116. The Labute approximate surface area is 74.5 Å². The van der Waals surface area contributed by atoms with E-state index >= 15 is 0 Å². The lowest BCUT2D eigenvalue weighted by atomic mass is 9.97. The summed E-state index contributed by atoms with van der Waals surface area (Å²) in [5.41, 5.74) is 0.116. The quantitative estimate of drug-likeness (QED) is 0.710. The summed E-state index contributed by atoms with van der Waals surface area (Å²) in [6.07, 6.45) is 0.551. The van der Waals surface area contributed by atoms with Gasteiger partial charge >= 0.3 is 6.09 Å². The van der Waals surface area contributed by atoms with Crippen molar-refractivity contribution >= 4 is 6.09 Å². The second-order valence-electron chi connectivity index (χ2n) is 4.05. The Morgan fingerprint density at radius 2 is 2.00 bits per heavy atom.